The standard InChI is InChI=1S/C19H30N2O4/c1-5-15-8-6-7-9-21(15)13-19(22)20-12-14-10-17(24-3)18(25-4)11-16(14)23-2/h10-11,15H,5-9,12-13H2,1-4H3,(H,20,22)/t15-/m0/s1. The summed E-state index contributed by atoms with van der Waals surface area (Å²) < 4.78 is 16.0. The highest BCUT2D eigenvalue weighted by atomic mass is 16.5. The van der Waals surface area contributed by atoms with Gasteiger partial charge in [0.15, 0.2) is 11.5 Å². The van der Waals surface area contributed by atoms with Crippen molar-refractivity contribution in [2.45, 2.75) is 45.2 Å². The Kier molecular flexibility index (Phi) is 7.37. The van der Waals surface area contributed by atoms with Crippen LogP contribution in [-0.4, -0.2) is 51.3 Å². The third kappa shape index (κ3) is 5.01. The van der Waals surface area contributed by atoms with Crippen LogP contribution in [0.5, 0.6) is 17.2 Å². The van der Waals surface area contributed by atoms with Gasteiger partial charge in [-0.25, -0.2) is 0 Å². The summed E-state index contributed by atoms with van der Waals surface area (Å²) in [5, 5.41) is 3.00. The lowest BCUT2D eigenvalue weighted by atomic mass is 10.00. The van der Waals surface area contributed by atoms with Crippen molar-refractivity contribution >= 4 is 5.91 Å². The molecule has 25 heavy (non-hydrogen) atoms. The second-order valence-electron chi connectivity index (χ2n) is 6.32. The fourth-order valence-electron chi connectivity index (χ4n) is 3.40. The van der Waals surface area contributed by atoms with Gasteiger partial charge in [0.1, 0.15) is 5.75 Å². The smallest absolute Gasteiger partial charge is 0.234 e. The van der Waals surface area contributed by atoms with E-state index < -0.39 is 0 Å². The molecule has 1 aliphatic rings. The molecule has 6 nitrogen and oxygen atoms in total. The number of hydrogen-bond donors (Lipinski definition) is 1. The van der Waals surface area contributed by atoms with Crippen LogP contribution in [0, 0.1) is 0 Å². The molecular weight excluding hydrogens is 320 g/mol. The summed E-state index contributed by atoms with van der Waals surface area (Å²) in [7, 11) is 4.78. The second-order valence-corrected chi connectivity index (χ2v) is 6.32. The molecule has 140 valence electrons. The molecule has 6 heteroatoms. The van der Waals surface area contributed by atoms with Crippen molar-refractivity contribution in [3.8, 4) is 17.2 Å². The number of rotatable bonds is 8. The molecular formula is C19H30N2O4. The third-order valence-electron chi connectivity index (χ3n) is 4.83. The number of carbonyl (C=O) groups is 1. The second kappa shape index (κ2) is 9.51. The van der Waals surface area contributed by atoms with Gasteiger partial charge in [-0.1, -0.05) is 13.3 Å². The number of amides is 1. The lowest BCUT2D eigenvalue weighted by molar-refractivity contribution is -0.123. The maximum absolute atomic E-state index is 12.4. The van der Waals surface area contributed by atoms with E-state index in [0.717, 1.165) is 18.5 Å². The molecule has 1 amide bonds. The highest BCUT2D eigenvalue weighted by Crippen LogP contribution is 2.34. The Balaban J connectivity index is 1.98. The fraction of sp³-hybridized carbons (Fsp3) is 0.632. The van der Waals surface area contributed by atoms with Gasteiger partial charge < -0.3 is 19.5 Å². The molecule has 2 rings (SSSR count). The number of piperidine rings is 1. The predicted octanol–water partition coefficient (Wildman–Crippen LogP) is 2.59. The van der Waals surface area contributed by atoms with E-state index in [2.05, 4.69) is 17.1 Å². The highest BCUT2D eigenvalue weighted by molar-refractivity contribution is 5.78. The van der Waals surface area contributed by atoms with Crippen molar-refractivity contribution < 1.29 is 19.0 Å². The van der Waals surface area contributed by atoms with E-state index in [1.165, 1.54) is 19.3 Å². The largest absolute Gasteiger partial charge is 0.496 e. The first-order chi connectivity index (χ1) is 12.1. The molecule has 1 fully saturated rings. The van der Waals surface area contributed by atoms with Crippen molar-refractivity contribution in [2.24, 2.45) is 0 Å². The van der Waals surface area contributed by atoms with Gasteiger partial charge in [-0.15, -0.1) is 0 Å². The van der Waals surface area contributed by atoms with Crippen molar-refractivity contribution in [3.05, 3.63) is 17.7 Å². The van der Waals surface area contributed by atoms with E-state index in [4.69, 9.17) is 14.2 Å². The van der Waals surface area contributed by atoms with E-state index in [0.29, 0.717) is 36.4 Å². The summed E-state index contributed by atoms with van der Waals surface area (Å²) >= 11 is 0. The van der Waals surface area contributed by atoms with Gasteiger partial charge in [0, 0.05) is 24.2 Å². The maximum atomic E-state index is 12.4. The normalized spacial score (nSPS) is 17.8. The maximum Gasteiger partial charge on any atom is 0.234 e. The first-order valence-electron chi connectivity index (χ1n) is 8.92. The summed E-state index contributed by atoms with van der Waals surface area (Å²) in [6, 6.07) is 4.14. The molecule has 0 spiro atoms. The highest BCUT2D eigenvalue weighted by Gasteiger charge is 2.22. The first-order valence-corrected chi connectivity index (χ1v) is 8.92. The minimum absolute atomic E-state index is 0.0391. The molecule has 1 atom stereocenters. The van der Waals surface area contributed by atoms with Crippen LogP contribution in [0.25, 0.3) is 0 Å². The van der Waals surface area contributed by atoms with Gasteiger partial charge >= 0.3 is 0 Å². The Morgan fingerprint density at radius 2 is 1.80 bits per heavy atom. The predicted molar refractivity (Wildman–Crippen MR) is 97.4 cm³/mol. The summed E-state index contributed by atoms with van der Waals surface area (Å²) in [5.41, 5.74) is 0.860. The van der Waals surface area contributed by atoms with Crippen molar-refractivity contribution in [2.75, 3.05) is 34.4 Å². The number of likely N-dealkylation sites (tertiary alicyclic amines) is 1. The molecule has 1 aromatic rings. The fourth-order valence-corrected chi connectivity index (χ4v) is 3.40. The first kappa shape index (κ1) is 19.4. The summed E-state index contributed by atoms with van der Waals surface area (Å²) in [4.78, 5) is 14.7. The van der Waals surface area contributed by atoms with Crippen LogP contribution in [0.3, 0.4) is 0 Å². The lowest BCUT2D eigenvalue weighted by Gasteiger charge is -2.34. The van der Waals surface area contributed by atoms with Crippen LogP contribution in [0.2, 0.25) is 0 Å². The van der Waals surface area contributed by atoms with E-state index in [-0.39, 0.29) is 5.91 Å². The Morgan fingerprint density at radius 3 is 2.44 bits per heavy atom. The zero-order chi connectivity index (χ0) is 18.2. The van der Waals surface area contributed by atoms with Gasteiger partial charge in [-0.3, -0.25) is 9.69 Å². The summed E-state index contributed by atoms with van der Waals surface area (Å²) in [6.07, 6.45) is 4.72. The molecule has 0 radical (unpaired) electrons. The molecule has 1 aliphatic heterocycles. The SMILES string of the molecule is CC[C@H]1CCCCN1CC(=O)NCc1cc(OC)c(OC)cc1OC. The van der Waals surface area contributed by atoms with E-state index in [1.54, 1.807) is 27.4 Å². The van der Waals surface area contributed by atoms with Crippen LogP contribution in [-0.2, 0) is 11.3 Å². The van der Waals surface area contributed by atoms with E-state index in [9.17, 15) is 4.79 Å². The van der Waals surface area contributed by atoms with Gasteiger partial charge in [-0.05, 0) is 31.9 Å². The van der Waals surface area contributed by atoms with E-state index in [1.807, 2.05) is 6.07 Å². The molecule has 1 aromatic carbocycles. The van der Waals surface area contributed by atoms with Crippen LogP contribution in [0.4, 0.5) is 0 Å². The van der Waals surface area contributed by atoms with Gasteiger partial charge in [0.25, 0.3) is 0 Å². The van der Waals surface area contributed by atoms with Gasteiger partial charge in [0.2, 0.25) is 5.91 Å². The topological polar surface area (TPSA) is 60.0 Å². The Bertz CT molecular complexity index is 577. The summed E-state index contributed by atoms with van der Waals surface area (Å²) in [5.74, 6) is 1.93. The van der Waals surface area contributed by atoms with Crippen molar-refractivity contribution in [3.63, 3.8) is 0 Å². The average Bonchev–Trinajstić information content (AvgIpc) is 2.65. The minimum Gasteiger partial charge on any atom is -0.496 e. The zero-order valence-electron chi connectivity index (χ0n) is 15.8. The molecule has 0 aliphatic carbocycles. The number of methoxy groups -OCH3 is 3. The minimum atomic E-state index is 0.0391. The Morgan fingerprint density at radius 1 is 1.12 bits per heavy atom. The molecule has 1 heterocycles. The van der Waals surface area contributed by atoms with Gasteiger partial charge in [-0.2, -0.15) is 0 Å². The number of ether oxygens (including phenoxy) is 3. The van der Waals surface area contributed by atoms with E-state index >= 15 is 0 Å². The van der Waals surface area contributed by atoms with Crippen molar-refractivity contribution in [1.29, 1.82) is 0 Å². The lowest BCUT2D eigenvalue weighted by Crippen LogP contribution is -2.45. The molecule has 0 saturated carbocycles. The van der Waals surface area contributed by atoms with Crippen LogP contribution < -0.4 is 19.5 Å². The Labute approximate surface area is 150 Å². The Hall–Kier alpha value is -1.95. The number of hydrogen-bond acceptors (Lipinski definition) is 5. The molecule has 0 bridgehead atoms. The van der Waals surface area contributed by atoms with Crippen molar-refractivity contribution in [1.82, 2.24) is 10.2 Å². The third-order valence-corrected chi connectivity index (χ3v) is 4.83. The number of carbonyl (C=O) groups excluding carboxylic acids is 1. The zero-order valence-corrected chi connectivity index (χ0v) is 15.8. The number of benzene rings is 1. The molecule has 1 N–H and O–H groups in total. The quantitative estimate of drug-likeness (QED) is 0.781. The monoisotopic (exact) mass is 350 g/mol. The number of nitrogens with zero attached hydrogens (tertiary/aromatic N) is 1. The summed E-state index contributed by atoms with van der Waals surface area (Å²) in [6.45, 7) is 4.04. The average molecular weight is 350 g/mol. The van der Waals surface area contributed by atoms with Crippen LogP contribution in [0.15, 0.2) is 12.1 Å². The molecule has 0 unspecified atom stereocenters. The van der Waals surface area contributed by atoms with Gasteiger partial charge in [0.05, 0.1) is 27.9 Å². The van der Waals surface area contributed by atoms with Crippen LogP contribution >= 0.6 is 0 Å². The number of nitrogens with one attached hydrogen (secondary N) is 1. The van der Waals surface area contributed by atoms with Crippen LogP contribution in [0.1, 0.15) is 38.2 Å². The molecule has 0 aromatic heterocycles. The molecule has 1 saturated heterocycles.